The molecule has 1 atom stereocenters. The topological polar surface area (TPSA) is 90.0 Å². The Morgan fingerprint density at radius 2 is 1.74 bits per heavy atom. The van der Waals surface area contributed by atoms with Gasteiger partial charge in [-0.2, -0.15) is 0 Å². The van der Waals surface area contributed by atoms with Crippen molar-refractivity contribution in [3.05, 3.63) is 107 Å². The van der Waals surface area contributed by atoms with Gasteiger partial charge in [0, 0.05) is 29.1 Å². The lowest BCUT2D eigenvalue weighted by molar-refractivity contribution is -0.122. The van der Waals surface area contributed by atoms with E-state index >= 15 is 0 Å². The first-order valence-electron chi connectivity index (χ1n) is 12.4. The number of hydrogen-bond donors (Lipinski definition) is 1. The molecule has 7 rings (SSSR count). The molecular formula is C30H23N3O5. The number of fused-ring (bicyclic) bond motifs is 5. The Kier molecular flexibility index (Phi) is 4.91. The number of aryl methyl sites for hydroxylation is 1. The van der Waals surface area contributed by atoms with Crippen LogP contribution in [0, 0.1) is 6.92 Å². The van der Waals surface area contributed by atoms with Crippen molar-refractivity contribution in [1.29, 1.82) is 0 Å². The van der Waals surface area contributed by atoms with Crippen LogP contribution in [0.4, 0.5) is 11.5 Å². The third kappa shape index (κ3) is 3.19. The normalized spacial score (nSPS) is 18.3. The van der Waals surface area contributed by atoms with Crippen LogP contribution in [0.2, 0.25) is 0 Å². The van der Waals surface area contributed by atoms with Crippen molar-refractivity contribution in [1.82, 2.24) is 4.98 Å². The third-order valence-corrected chi connectivity index (χ3v) is 7.48. The van der Waals surface area contributed by atoms with Gasteiger partial charge in [0.1, 0.15) is 23.6 Å². The van der Waals surface area contributed by atoms with Gasteiger partial charge in [0.25, 0.3) is 5.91 Å². The summed E-state index contributed by atoms with van der Waals surface area (Å²) in [6, 6.07) is 22.4. The molecule has 2 amide bonds. The fourth-order valence-electron chi connectivity index (χ4n) is 5.56. The van der Waals surface area contributed by atoms with Crippen molar-refractivity contribution in [2.45, 2.75) is 18.9 Å². The van der Waals surface area contributed by atoms with Crippen molar-refractivity contribution in [2.75, 3.05) is 23.6 Å². The van der Waals surface area contributed by atoms with E-state index in [0.29, 0.717) is 28.6 Å². The monoisotopic (exact) mass is 505 g/mol. The molecule has 0 fully saturated rings. The lowest BCUT2D eigenvalue weighted by Gasteiger charge is -2.24. The zero-order chi connectivity index (χ0) is 25.9. The van der Waals surface area contributed by atoms with E-state index in [9.17, 15) is 9.59 Å². The first-order valence-corrected chi connectivity index (χ1v) is 12.4. The minimum atomic E-state index is -1.00. The standard InChI is InChI=1S/C30H23N3O5/c1-18-7-6-12-31-27(18)32-28(34)20-9-3-2-8-19(20)15-33-23-11-5-4-10-21(23)30(29(33)35)16-36-24-14-26-25(13-22(24)30)37-17-38-26/h2-14H,15-17H2,1H3,(H,31,32,34). The van der Waals surface area contributed by atoms with Crippen molar-refractivity contribution in [3.8, 4) is 17.2 Å². The Hall–Kier alpha value is -4.85. The molecule has 3 aromatic carbocycles. The second-order valence-corrected chi connectivity index (χ2v) is 9.58. The Bertz CT molecular complexity index is 1630. The Morgan fingerprint density at radius 1 is 0.947 bits per heavy atom. The zero-order valence-corrected chi connectivity index (χ0v) is 20.6. The highest BCUT2D eigenvalue weighted by Gasteiger charge is 2.57. The molecule has 8 heteroatoms. The predicted octanol–water partition coefficient (Wildman–Crippen LogP) is 4.60. The van der Waals surface area contributed by atoms with Crippen LogP contribution in [0.3, 0.4) is 0 Å². The molecule has 0 aliphatic carbocycles. The molecule has 188 valence electrons. The molecule has 8 nitrogen and oxygen atoms in total. The Labute approximate surface area is 218 Å². The lowest BCUT2D eigenvalue weighted by atomic mass is 9.77. The number of rotatable bonds is 4. The van der Waals surface area contributed by atoms with Gasteiger partial charge in [0.05, 0.1) is 6.54 Å². The number of hydrogen-bond acceptors (Lipinski definition) is 6. The summed E-state index contributed by atoms with van der Waals surface area (Å²) in [5.74, 6) is 1.95. The van der Waals surface area contributed by atoms with Crippen LogP contribution in [0.15, 0.2) is 79.0 Å². The molecule has 0 bridgehead atoms. The van der Waals surface area contributed by atoms with Gasteiger partial charge >= 0.3 is 0 Å². The summed E-state index contributed by atoms with van der Waals surface area (Å²) in [6.45, 7) is 2.43. The van der Waals surface area contributed by atoms with Crippen LogP contribution in [-0.4, -0.2) is 30.2 Å². The van der Waals surface area contributed by atoms with Gasteiger partial charge in [-0.25, -0.2) is 4.98 Å². The molecule has 3 aliphatic rings. The van der Waals surface area contributed by atoms with Gasteiger partial charge in [-0.15, -0.1) is 0 Å². The van der Waals surface area contributed by atoms with Gasteiger partial charge in [-0.1, -0.05) is 42.5 Å². The maximum absolute atomic E-state index is 14.3. The molecule has 0 radical (unpaired) electrons. The second-order valence-electron chi connectivity index (χ2n) is 9.58. The van der Waals surface area contributed by atoms with E-state index in [1.54, 1.807) is 23.2 Å². The van der Waals surface area contributed by atoms with E-state index in [1.165, 1.54) is 0 Å². The second kappa shape index (κ2) is 8.34. The average molecular weight is 506 g/mol. The summed E-state index contributed by atoms with van der Waals surface area (Å²) in [4.78, 5) is 33.7. The van der Waals surface area contributed by atoms with Crippen LogP contribution in [0.25, 0.3) is 0 Å². The van der Waals surface area contributed by atoms with Crippen molar-refractivity contribution in [3.63, 3.8) is 0 Å². The maximum Gasteiger partial charge on any atom is 0.257 e. The Balaban J connectivity index is 1.27. The van der Waals surface area contributed by atoms with E-state index in [1.807, 2.05) is 67.6 Å². The number of carbonyl (C=O) groups excluding carboxylic acids is 2. The molecule has 3 aliphatic heterocycles. The smallest absolute Gasteiger partial charge is 0.257 e. The number of ether oxygens (including phenoxy) is 3. The minimum absolute atomic E-state index is 0.105. The highest BCUT2D eigenvalue weighted by molar-refractivity contribution is 6.12. The van der Waals surface area contributed by atoms with Crippen molar-refractivity contribution in [2.24, 2.45) is 0 Å². The summed E-state index contributed by atoms with van der Waals surface area (Å²) >= 11 is 0. The number of pyridine rings is 1. The van der Waals surface area contributed by atoms with E-state index < -0.39 is 5.41 Å². The minimum Gasteiger partial charge on any atom is -0.491 e. The van der Waals surface area contributed by atoms with E-state index in [0.717, 1.165) is 27.9 Å². The van der Waals surface area contributed by atoms with E-state index in [2.05, 4.69) is 10.3 Å². The zero-order valence-electron chi connectivity index (χ0n) is 20.6. The first kappa shape index (κ1) is 22.4. The van der Waals surface area contributed by atoms with Gasteiger partial charge in [0.15, 0.2) is 11.5 Å². The fraction of sp³-hybridized carbons (Fsp3) is 0.167. The third-order valence-electron chi connectivity index (χ3n) is 7.48. The lowest BCUT2D eigenvalue weighted by Crippen LogP contribution is -2.42. The molecule has 1 N–H and O–H groups in total. The van der Waals surface area contributed by atoms with Crippen LogP contribution in [-0.2, 0) is 16.8 Å². The van der Waals surface area contributed by atoms with Crippen LogP contribution < -0.4 is 24.4 Å². The van der Waals surface area contributed by atoms with Gasteiger partial charge in [-0.3, -0.25) is 9.59 Å². The number of aromatic nitrogens is 1. The quantitative estimate of drug-likeness (QED) is 0.436. The first-order chi connectivity index (χ1) is 18.6. The number of benzene rings is 3. The molecule has 4 heterocycles. The van der Waals surface area contributed by atoms with Gasteiger partial charge < -0.3 is 24.4 Å². The highest BCUT2D eigenvalue weighted by atomic mass is 16.7. The maximum atomic E-state index is 14.3. The number of amides is 2. The molecule has 1 unspecified atom stereocenters. The summed E-state index contributed by atoms with van der Waals surface area (Å²) in [7, 11) is 0. The molecule has 38 heavy (non-hydrogen) atoms. The Morgan fingerprint density at radius 3 is 2.61 bits per heavy atom. The predicted molar refractivity (Wildman–Crippen MR) is 140 cm³/mol. The van der Waals surface area contributed by atoms with Crippen molar-refractivity contribution < 1.29 is 23.8 Å². The number of anilines is 2. The number of carbonyl (C=O) groups is 2. The fourth-order valence-corrected chi connectivity index (χ4v) is 5.56. The van der Waals surface area contributed by atoms with E-state index in [-0.39, 0.29) is 31.8 Å². The highest BCUT2D eigenvalue weighted by Crippen LogP contribution is 2.55. The molecule has 1 spiro atoms. The van der Waals surface area contributed by atoms with Crippen LogP contribution in [0.5, 0.6) is 17.2 Å². The molecule has 4 aromatic rings. The van der Waals surface area contributed by atoms with Gasteiger partial charge in [0.2, 0.25) is 12.7 Å². The molecule has 1 aromatic heterocycles. The van der Waals surface area contributed by atoms with Crippen LogP contribution >= 0.6 is 0 Å². The van der Waals surface area contributed by atoms with Gasteiger partial charge in [-0.05, 0) is 47.9 Å². The largest absolute Gasteiger partial charge is 0.491 e. The number of para-hydroxylation sites is 1. The molecule has 0 saturated carbocycles. The molecular weight excluding hydrogens is 482 g/mol. The SMILES string of the molecule is Cc1cccnc1NC(=O)c1ccccc1CN1C(=O)C2(COc3cc4c(cc32)OCO4)c2ccccc21. The molecule has 0 saturated heterocycles. The average Bonchev–Trinajstić information content (AvgIpc) is 3.61. The van der Waals surface area contributed by atoms with Crippen molar-refractivity contribution >= 4 is 23.3 Å². The summed E-state index contributed by atoms with van der Waals surface area (Å²) < 4.78 is 17.2. The summed E-state index contributed by atoms with van der Waals surface area (Å²) in [5, 5.41) is 2.91. The summed E-state index contributed by atoms with van der Waals surface area (Å²) in [6.07, 6.45) is 1.64. The number of nitrogens with one attached hydrogen (secondary N) is 1. The number of nitrogens with zero attached hydrogens (tertiary/aromatic N) is 2. The van der Waals surface area contributed by atoms with E-state index in [4.69, 9.17) is 14.2 Å². The van der Waals surface area contributed by atoms with Crippen LogP contribution in [0.1, 0.15) is 32.6 Å². The summed E-state index contributed by atoms with van der Waals surface area (Å²) in [5.41, 5.74) is 3.49.